The van der Waals surface area contributed by atoms with Crippen LogP contribution in [0.5, 0.6) is 0 Å². The second-order valence-corrected chi connectivity index (χ2v) is 11.2. The van der Waals surface area contributed by atoms with E-state index in [1.54, 1.807) is 12.4 Å². The van der Waals surface area contributed by atoms with Crippen LogP contribution in [-0.2, 0) is 16.0 Å². The molecule has 0 saturated carbocycles. The van der Waals surface area contributed by atoms with Crippen molar-refractivity contribution in [3.63, 3.8) is 0 Å². The lowest BCUT2D eigenvalue weighted by atomic mass is 9.72. The van der Waals surface area contributed by atoms with Gasteiger partial charge in [0.25, 0.3) is 0 Å². The molecule has 1 amide bonds. The zero-order valence-corrected chi connectivity index (χ0v) is 22.7. The van der Waals surface area contributed by atoms with Gasteiger partial charge in [0, 0.05) is 72.5 Å². The molecule has 1 saturated heterocycles. The molecule has 1 aliphatic heterocycles. The first-order valence-electron chi connectivity index (χ1n) is 13.7. The molecule has 39 heavy (non-hydrogen) atoms. The van der Waals surface area contributed by atoms with Gasteiger partial charge in [0.15, 0.2) is 0 Å². The first kappa shape index (κ1) is 26.5. The monoisotopic (exact) mass is 523 g/mol. The summed E-state index contributed by atoms with van der Waals surface area (Å²) in [5, 5.41) is 8.06. The molecule has 7 heteroatoms. The Morgan fingerprint density at radius 3 is 2.41 bits per heavy atom. The van der Waals surface area contributed by atoms with Crippen molar-refractivity contribution in [2.75, 3.05) is 23.7 Å². The van der Waals surface area contributed by atoms with Crippen LogP contribution >= 0.6 is 0 Å². The molecule has 1 atom stereocenters. The number of likely N-dealkylation sites (tertiary alicyclic amines) is 1. The van der Waals surface area contributed by atoms with Gasteiger partial charge in [-0.05, 0) is 72.2 Å². The maximum atomic E-state index is 13.9. The highest BCUT2D eigenvalue weighted by Gasteiger charge is 2.35. The van der Waals surface area contributed by atoms with Gasteiger partial charge in [-0.3, -0.25) is 9.78 Å². The van der Waals surface area contributed by atoms with Gasteiger partial charge in [-0.2, -0.15) is 0 Å². The van der Waals surface area contributed by atoms with E-state index in [1.807, 2.05) is 59.6 Å². The second-order valence-electron chi connectivity index (χ2n) is 11.2. The van der Waals surface area contributed by atoms with Gasteiger partial charge >= 0.3 is 0 Å². The van der Waals surface area contributed by atoms with E-state index in [2.05, 4.69) is 46.6 Å². The minimum Gasteiger partial charge on any atom is -0.373 e. The van der Waals surface area contributed by atoms with Crippen molar-refractivity contribution in [1.82, 2.24) is 14.9 Å². The smallest absolute Gasteiger partial charge is 0.245 e. The molecule has 0 spiro atoms. The van der Waals surface area contributed by atoms with Crippen molar-refractivity contribution in [1.29, 1.82) is 0 Å². The topological polar surface area (TPSA) is 90.1 Å². The molecule has 0 bridgehead atoms. The maximum absolute atomic E-state index is 13.9. The zero-order chi connectivity index (χ0) is 27.2. The number of hydrogen-bond donors (Lipinski definition) is 3. The summed E-state index contributed by atoms with van der Waals surface area (Å²) in [6.45, 7) is 5.76. The summed E-state index contributed by atoms with van der Waals surface area (Å²) in [6, 6.07) is 19.7. The minimum absolute atomic E-state index is 0.0371. The van der Waals surface area contributed by atoms with Crippen LogP contribution in [-0.4, -0.2) is 46.2 Å². The number of nitrogens with one attached hydrogen (secondary N) is 3. The minimum atomic E-state index is -0.400. The normalized spacial score (nSPS) is 15.2. The van der Waals surface area contributed by atoms with Crippen LogP contribution in [0, 0.1) is 11.3 Å². The fourth-order valence-corrected chi connectivity index (χ4v) is 5.66. The van der Waals surface area contributed by atoms with E-state index in [4.69, 9.17) is 0 Å². The number of para-hydroxylation sites is 1. The number of carbonyl (C=O) groups is 2. The fourth-order valence-electron chi connectivity index (χ4n) is 5.66. The number of carbonyl (C=O) groups excluding carboxylic acids is 2. The van der Waals surface area contributed by atoms with Crippen molar-refractivity contribution < 1.29 is 9.59 Å². The van der Waals surface area contributed by atoms with Gasteiger partial charge in [-0.25, -0.2) is 0 Å². The molecule has 0 radical (unpaired) electrons. The van der Waals surface area contributed by atoms with E-state index in [1.165, 1.54) is 0 Å². The van der Waals surface area contributed by atoms with Crippen molar-refractivity contribution in [3.05, 3.63) is 84.8 Å². The molecule has 1 unspecified atom stereocenters. The lowest BCUT2D eigenvalue weighted by molar-refractivity contribution is -0.134. The Morgan fingerprint density at radius 1 is 1.03 bits per heavy atom. The number of piperidine rings is 1. The average molecular weight is 524 g/mol. The Morgan fingerprint density at radius 2 is 1.69 bits per heavy atom. The standard InChI is InChI=1S/C32H37N5O2/c1-32(2,15-20-38)24-13-18-37(19-14-24)31(39)30(21-23-22-34-29-6-4-3-5-28(23)29)36-26-9-7-25(8-10-26)35-27-11-16-33-17-12-27/h3-12,16-17,20,22,24,30,34,36H,13-15,18-19,21H2,1-2H3,(H,33,35). The van der Waals surface area contributed by atoms with Crippen LogP contribution in [0.4, 0.5) is 17.1 Å². The zero-order valence-electron chi connectivity index (χ0n) is 22.7. The van der Waals surface area contributed by atoms with Gasteiger partial charge in [0.05, 0.1) is 0 Å². The molecule has 1 aliphatic rings. The Balaban J connectivity index is 1.32. The summed E-state index contributed by atoms with van der Waals surface area (Å²) >= 11 is 0. The number of pyridine rings is 1. The molecule has 0 aliphatic carbocycles. The number of aromatic amines is 1. The quantitative estimate of drug-likeness (QED) is 0.216. The largest absolute Gasteiger partial charge is 0.373 e. The van der Waals surface area contributed by atoms with E-state index >= 15 is 0 Å². The third-order valence-electron chi connectivity index (χ3n) is 8.11. The molecule has 2 aromatic carbocycles. The van der Waals surface area contributed by atoms with Crippen molar-refractivity contribution in [2.24, 2.45) is 11.3 Å². The molecule has 1 fully saturated rings. The Hall–Kier alpha value is -4.13. The van der Waals surface area contributed by atoms with E-state index in [-0.39, 0.29) is 11.3 Å². The number of benzene rings is 2. The van der Waals surface area contributed by atoms with E-state index in [9.17, 15) is 9.59 Å². The Labute approximate surface area is 230 Å². The molecule has 3 heterocycles. The predicted octanol–water partition coefficient (Wildman–Crippen LogP) is 6.18. The van der Waals surface area contributed by atoms with E-state index < -0.39 is 6.04 Å². The van der Waals surface area contributed by atoms with Gasteiger partial charge in [-0.1, -0.05) is 32.0 Å². The SMILES string of the molecule is CC(C)(CC=O)C1CCN(C(=O)C(Cc2c[nH]c3ccccc23)Nc2ccc(Nc3ccncc3)cc2)CC1. The summed E-state index contributed by atoms with van der Waals surface area (Å²) in [6.07, 6.45) is 9.53. The number of nitrogens with zero attached hydrogens (tertiary/aromatic N) is 2. The van der Waals surface area contributed by atoms with Gasteiger partial charge in [-0.15, -0.1) is 0 Å². The summed E-state index contributed by atoms with van der Waals surface area (Å²) in [4.78, 5) is 34.5. The highest BCUT2D eigenvalue weighted by atomic mass is 16.2. The molecule has 3 N–H and O–H groups in total. The number of rotatable bonds is 10. The lowest BCUT2D eigenvalue weighted by Gasteiger charge is -2.41. The second kappa shape index (κ2) is 11.7. The van der Waals surface area contributed by atoms with E-state index in [0.717, 1.165) is 52.7 Å². The number of hydrogen-bond acceptors (Lipinski definition) is 5. The van der Waals surface area contributed by atoms with Gasteiger partial charge in [0.2, 0.25) is 5.91 Å². The molecule has 7 nitrogen and oxygen atoms in total. The number of fused-ring (bicyclic) bond motifs is 1. The first-order chi connectivity index (χ1) is 18.9. The van der Waals surface area contributed by atoms with Gasteiger partial charge in [0.1, 0.15) is 12.3 Å². The van der Waals surface area contributed by atoms with Crippen molar-refractivity contribution in [3.8, 4) is 0 Å². The highest BCUT2D eigenvalue weighted by Crippen LogP contribution is 2.37. The van der Waals surface area contributed by atoms with Crippen LogP contribution < -0.4 is 10.6 Å². The Bertz CT molecular complexity index is 1390. The van der Waals surface area contributed by atoms with Crippen LogP contribution in [0.1, 0.15) is 38.7 Å². The van der Waals surface area contributed by atoms with Gasteiger partial charge < -0.3 is 25.3 Å². The molecular weight excluding hydrogens is 486 g/mol. The number of anilines is 3. The average Bonchev–Trinajstić information content (AvgIpc) is 3.37. The van der Waals surface area contributed by atoms with Crippen LogP contribution in [0.15, 0.2) is 79.3 Å². The molecule has 2 aromatic heterocycles. The van der Waals surface area contributed by atoms with Crippen molar-refractivity contribution >= 4 is 40.2 Å². The summed E-state index contributed by atoms with van der Waals surface area (Å²) in [5.41, 5.74) is 4.99. The van der Waals surface area contributed by atoms with Crippen LogP contribution in [0.25, 0.3) is 10.9 Å². The Kier molecular flexibility index (Phi) is 7.96. The number of aldehydes is 1. The molecule has 202 valence electrons. The maximum Gasteiger partial charge on any atom is 0.245 e. The molecular formula is C32H37N5O2. The third kappa shape index (κ3) is 6.30. The lowest BCUT2D eigenvalue weighted by Crippen LogP contribution is -2.48. The first-order valence-corrected chi connectivity index (χ1v) is 13.7. The van der Waals surface area contributed by atoms with Crippen LogP contribution in [0.2, 0.25) is 0 Å². The van der Waals surface area contributed by atoms with E-state index in [0.29, 0.717) is 31.8 Å². The molecule has 4 aromatic rings. The predicted molar refractivity (Wildman–Crippen MR) is 157 cm³/mol. The fraction of sp³-hybridized carbons (Fsp3) is 0.344. The summed E-state index contributed by atoms with van der Waals surface area (Å²) in [5.74, 6) is 0.554. The summed E-state index contributed by atoms with van der Waals surface area (Å²) < 4.78 is 0. The number of amides is 1. The third-order valence-corrected chi connectivity index (χ3v) is 8.11. The highest BCUT2D eigenvalue weighted by molar-refractivity contribution is 5.88. The van der Waals surface area contributed by atoms with Crippen LogP contribution in [0.3, 0.4) is 0 Å². The number of aromatic nitrogens is 2. The summed E-state index contributed by atoms with van der Waals surface area (Å²) in [7, 11) is 0. The molecule has 5 rings (SSSR count). The van der Waals surface area contributed by atoms with Crippen molar-refractivity contribution in [2.45, 2.75) is 45.6 Å². The number of H-pyrrole nitrogens is 1.